The Bertz CT molecular complexity index is 447. The van der Waals surface area contributed by atoms with Gasteiger partial charge in [0.15, 0.2) is 0 Å². The number of nitrogens with two attached hydrogens (primary N) is 1. The first-order valence-corrected chi connectivity index (χ1v) is 7.32. The van der Waals surface area contributed by atoms with E-state index in [0.29, 0.717) is 18.2 Å². The van der Waals surface area contributed by atoms with Gasteiger partial charge < -0.3 is 5.73 Å². The minimum absolute atomic E-state index is 0.236. The molecule has 0 heterocycles. The molecule has 1 saturated carbocycles. The normalized spacial score (nSPS) is 23.4. The summed E-state index contributed by atoms with van der Waals surface area (Å²) in [5.41, 5.74) is 10.9. The van der Waals surface area contributed by atoms with Crippen molar-refractivity contribution in [2.75, 3.05) is 0 Å². The van der Waals surface area contributed by atoms with Crippen LogP contribution in [-0.2, 0) is 11.2 Å². The van der Waals surface area contributed by atoms with E-state index in [9.17, 15) is 4.79 Å². The first-order valence-electron chi connectivity index (χ1n) is 7.32. The molecule has 1 aromatic carbocycles. The van der Waals surface area contributed by atoms with E-state index in [0.717, 1.165) is 25.7 Å². The fourth-order valence-corrected chi connectivity index (χ4v) is 3.25. The second-order valence-electron chi connectivity index (χ2n) is 6.13. The van der Waals surface area contributed by atoms with Crippen molar-refractivity contribution < 1.29 is 4.79 Å². The van der Waals surface area contributed by atoms with Crippen molar-refractivity contribution in [3.8, 4) is 0 Å². The van der Waals surface area contributed by atoms with E-state index >= 15 is 0 Å². The number of ketones is 1. The number of carbonyl (C=O) groups is 1. The maximum atomic E-state index is 12.4. The van der Waals surface area contributed by atoms with Crippen molar-refractivity contribution in [2.45, 2.75) is 58.9 Å². The average molecular weight is 259 g/mol. The standard InChI is InChI=1S/C17H25NO/c1-11-8-12(2)16(13(3)9-11)10-17(19)14-4-6-15(18)7-5-14/h8-9,14-15H,4-7,10,18H2,1-3H3. The molecule has 1 aliphatic rings. The monoisotopic (exact) mass is 259 g/mol. The Hall–Kier alpha value is -1.15. The van der Waals surface area contributed by atoms with Crippen LogP contribution in [0.1, 0.15) is 47.9 Å². The summed E-state index contributed by atoms with van der Waals surface area (Å²) in [5.74, 6) is 0.641. The Morgan fingerprint density at radius 1 is 1.11 bits per heavy atom. The topological polar surface area (TPSA) is 43.1 Å². The first kappa shape index (κ1) is 14.3. The van der Waals surface area contributed by atoms with Crippen LogP contribution in [0.2, 0.25) is 0 Å². The Morgan fingerprint density at radius 2 is 1.63 bits per heavy atom. The van der Waals surface area contributed by atoms with E-state index in [-0.39, 0.29) is 5.92 Å². The summed E-state index contributed by atoms with van der Waals surface area (Å²) in [4.78, 5) is 12.4. The lowest BCUT2D eigenvalue weighted by Gasteiger charge is -2.25. The SMILES string of the molecule is Cc1cc(C)c(CC(=O)C2CCC(N)CC2)c(C)c1. The van der Waals surface area contributed by atoms with Crippen molar-refractivity contribution in [3.05, 3.63) is 34.4 Å². The van der Waals surface area contributed by atoms with Crippen LogP contribution in [0, 0.1) is 26.7 Å². The molecule has 2 N–H and O–H groups in total. The highest BCUT2D eigenvalue weighted by Crippen LogP contribution is 2.26. The van der Waals surface area contributed by atoms with Gasteiger partial charge in [0.1, 0.15) is 5.78 Å². The zero-order valence-electron chi connectivity index (χ0n) is 12.3. The molecule has 1 fully saturated rings. The fourth-order valence-electron chi connectivity index (χ4n) is 3.25. The van der Waals surface area contributed by atoms with E-state index in [1.54, 1.807) is 0 Å². The molecule has 0 aliphatic heterocycles. The summed E-state index contributed by atoms with van der Waals surface area (Å²) in [5, 5.41) is 0. The molecule has 19 heavy (non-hydrogen) atoms. The Balaban J connectivity index is 2.07. The third kappa shape index (κ3) is 3.44. The van der Waals surface area contributed by atoms with Gasteiger partial charge in [-0.05, 0) is 63.1 Å². The summed E-state index contributed by atoms with van der Waals surface area (Å²) >= 11 is 0. The molecular weight excluding hydrogens is 234 g/mol. The van der Waals surface area contributed by atoms with Crippen LogP contribution in [0.3, 0.4) is 0 Å². The summed E-state index contributed by atoms with van der Waals surface area (Å²) in [6.07, 6.45) is 4.55. The number of carbonyl (C=O) groups excluding carboxylic acids is 1. The van der Waals surface area contributed by atoms with Crippen molar-refractivity contribution in [1.29, 1.82) is 0 Å². The predicted octanol–water partition coefficient (Wildman–Crippen LogP) is 3.24. The molecule has 0 aromatic heterocycles. The van der Waals surface area contributed by atoms with Crippen LogP contribution in [0.4, 0.5) is 0 Å². The molecule has 1 aromatic rings. The molecule has 0 spiro atoms. The van der Waals surface area contributed by atoms with Gasteiger partial charge in [-0.1, -0.05) is 17.7 Å². The van der Waals surface area contributed by atoms with E-state index in [2.05, 4.69) is 32.9 Å². The molecular formula is C17H25NO. The highest BCUT2D eigenvalue weighted by Gasteiger charge is 2.25. The van der Waals surface area contributed by atoms with Gasteiger partial charge >= 0.3 is 0 Å². The quantitative estimate of drug-likeness (QED) is 0.905. The van der Waals surface area contributed by atoms with Crippen LogP contribution in [-0.4, -0.2) is 11.8 Å². The lowest BCUT2D eigenvalue weighted by Crippen LogP contribution is -2.30. The summed E-state index contributed by atoms with van der Waals surface area (Å²) in [7, 11) is 0. The average Bonchev–Trinajstić information content (AvgIpc) is 2.34. The maximum absolute atomic E-state index is 12.4. The van der Waals surface area contributed by atoms with Crippen LogP contribution in [0.15, 0.2) is 12.1 Å². The van der Waals surface area contributed by atoms with Gasteiger partial charge in [0.25, 0.3) is 0 Å². The second-order valence-corrected chi connectivity index (χ2v) is 6.13. The predicted molar refractivity (Wildman–Crippen MR) is 79.3 cm³/mol. The minimum atomic E-state index is 0.236. The van der Waals surface area contributed by atoms with E-state index in [1.165, 1.54) is 22.3 Å². The number of hydrogen-bond acceptors (Lipinski definition) is 2. The second kappa shape index (κ2) is 5.87. The zero-order chi connectivity index (χ0) is 14.0. The Labute approximate surface area is 116 Å². The number of aryl methyl sites for hydroxylation is 3. The lowest BCUT2D eigenvalue weighted by molar-refractivity contribution is -0.123. The molecule has 0 saturated heterocycles. The smallest absolute Gasteiger partial charge is 0.140 e. The van der Waals surface area contributed by atoms with Crippen molar-refractivity contribution in [1.82, 2.24) is 0 Å². The van der Waals surface area contributed by atoms with Crippen molar-refractivity contribution in [2.24, 2.45) is 11.7 Å². The summed E-state index contributed by atoms with van der Waals surface area (Å²) < 4.78 is 0. The van der Waals surface area contributed by atoms with Crippen LogP contribution >= 0.6 is 0 Å². The largest absolute Gasteiger partial charge is 0.328 e. The number of benzene rings is 1. The van der Waals surface area contributed by atoms with Gasteiger partial charge in [-0.2, -0.15) is 0 Å². The van der Waals surface area contributed by atoms with Crippen LogP contribution < -0.4 is 5.73 Å². The Kier molecular flexibility index (Phi) is 4.41. The molecule has 0 amide bonds. The molecule has 0 atom stereocenters. The van der Waals surface area contributed by atoms with Gasteiger partial charge in [-0.15, -0.1) is 0 Å². The molecule has 0 radical (unpaired) electrons. The van der Waals surface area contributed by atoms with Gasteiger partial charge in [-0.3, -0.25) is 4.79 Å². The number of Topliss-reactive ketones (excluding diaryl/α,β-unsaturated/α-hetero) is 1. The highest BCUT2D eigenvalue weighted by molar-refractivity contribution is 5.84. The van der Waals surface area contributed by atoms with Crippen molar-refractivity contribution in [3.63, 3.8) is 0 Å². The van der Waals surface area contributed by atoms with Gasteiger partial charge in [-0.25, -0.2) is 0 Å². The molecule has 104 valence electrons. The highest BCUT2D eigenvalue weighted by atomic mass is 16.1. The van der Waals surface area contributed by atoms with Gasteiger partial charge in [0.05, 0.1) is 0 Å². The fraction of sp³-hybridized carbons (Fsp3) is 0.588. The third-order valence-corrected chi connectivity index (χ3v) is 4.42. The molecule has 2 heteroatoms. The third-order valence-electron chi connectivity index (χ3n) is 4.42. The molecule has 2 nitrogen and oxygen atoms in total. The number of rotatable bonds is 3. The van der Waals surface area contributed by atoms with Crippen LogP contribution in [0.25, 0.3) is 0 Å². The van der Waals surface area contributed by atoms with E-state index in [4.69, 9.17) is 5.73 Å². The first-order chi connectivity index (χ1) is 8.97. The van der Waals surface area contributed by atoms with Gasteiger partial charge in [0.2, 0.25) is 0 Å². The summed E-state index contributed by atoms with van der Waals surface area (Å²) in [6.45, 7) is 6.33. The van der Waals surface area contributed by atoms with Crippen LogP contribution in [0.5, 0.6) is 0 Å². The Morgan fingerprint density at radius 3 is 2.16 bits per heavy atom. The lowest BCUT2D eigenvalue weighted by atomic mass is 9.81. The van der Waals surface area contributed by atoms with E-state index in [1.807, 2.05) is 0 Å². The molecule has 0 unspecified atom stereocenters. The number of hydrogen-bond donors (Lipinski definition) is 1. The van der Waals surface area contributed by atoms with Crippen molar-refractivity contribution >= 4 is 5.78 Å². The maximum Gasteiger partial charge on any atom is 0.140 e. The molecule has 1 aliphatic carbocycles. The summed E-state index contributed by atoms with van der Waals surface area (Å²) in [6, 6.07) is 4.66. The minimum Gasteiger partial charge on any atom is -0.328 e. The molecule has 2 rings (SSSR count). The van der Waals surface area contributed by atoms with Gasteiger partial charge in [0, 0.05) is 18.4 Å². The van der Waals surface area contributed by atoms with E-state index < -0.39 is 0 Å². The zero-order valence-corrected chi connectivity index (χ0v) is 12.3. The molecule has 0 bridgehead atoms.